The fraction of sp³-hybridized carbons (Fsp3) is 0.0714. The zero-order chi connectivity index (χ0) is 15.6. The molecule has 0 unspecified atom stereocenters. The van der Waals surface area contributed by atoms with Crippen LogP contribution in [0, 0.1) is 0 Å². The summed E-state index contributed by atoms with van der Waals surface area (Å²) in [5, 5.41) is 9.62. The summed E-state index contributed by atoms with van der Waals surface area (Å²) >= 11 is 0. The van der Waals surface area contributed by atoms with E-state index < -0.39 is 32.3 Å². The molecule has 0 aliphatic heterocycles. The van der Waals surface area contributed by atoms with Crippen LogP contribution in [0.15, 0.2) is 47.4 Å². The van der Waals surface area contributed by atoms with E-state index in [4.69, 9.17) is 4.74 Å². The molecule has 0 saturated heterocycles. The molecule has 2 aromatic rings. The summed E-state index contributed by atoms with van der Waals surface area (Å²) in [6.45, 7) is 0. The first-order chi connectivity index (χ1) is 9.86. The van der Waals surface area contributed by atoms with Crippen LogP contribution < -0.4 is 4.74 Å². The first-order valence-corrected chi connectivity index (χ1v) is 7.27. The maximum Gasteiger partial charge on any atom is 0.299 e. The van der Waals surface area contributed by atoms with E-state index in [0.717, 1.165) is 19.2 Å². The number of rotatable bonds is 4. The lowest BCUT2D eigenvalue weighted by molar-refractivity contribution is 0.103. The van der Waals surface area contributed by atoms with Gasteiger partial charge in [0.2, 0.25) is 0 Å². The lowest BCUT2D eigenvalue weighted by Crippen LogP contribution is -2.11. The molecule has 0 radical (unpaired) electrons. The summed E-state index contributed by atoms with van der Waals surface area (Å²) in [6.07, 6.45) is 0. The second-order valence-corrected chi connectivity index (χ2v) is 5.52. The number of methoxy groups -OCH3 is 1. The van der Waals surface area contributed by atoms with Crippen LogP contribution in [0.25, 0.3) is 0 Å². The van der Waals surface area contributed by atoms with Gasteiger partial charge in [0.05, 0.1) is 7.11 Å². The lowest BCUT2D eigenvalue weighted by Gasteiger charge is -2.12. The van der Waals surface area contributed by atoms with Crippen molar-refractivity contribution in [3.8, 4) is 11.5 Å². The molecule has 0 amide bonds. The second-order valence-electron chi connectivity index (χ2n) is 4.16. The number of phenolic OH excluding ortho intramolecular Hbond substituents is 1. The summed E-state index contributed by atoms with van der Waals surface area (Å²) in [5.41, 5.74) is -0.0338. The molecule has 0 aromatic heterocycles. The lowest BCUT2D eigenvalue weighted by atomic mass is 10.0. The predicted octanol–water partition coefficient (Wildman–Crippen LogP) is 1.88. The summed E-state index contributed by atoms with van der Waals surface area (Å²) in [6, 6.07) is 10.2. The van der Waals surface area contributed by atoms with E-state index in [9.17, 15) is 22.9 Å². The molecule has 21 heavy (non-hydrogen) atoms. The third-order valence-corrected chi connectivity index (χ3v) is 3.76. The van der Waals surface area contributed by atoms with E-state index in [2.05, 4.69) is 0 Å². The molecule has 0 aliphatic rings. The average Bonchev–Trinajstić information content (AvgIpc) is 2.46. The molecule has 0 fully saturated rings. The van der Waals surface area contributed by atoms with Crippen LogP contribution in [0.1, 0.15) is 15.9 Å². The van der Waals surface area contributed by atoms with Gasteiger partial charge in [-0.15, -0.1) is 0 Å². The molecule has 2 N–H and O–H groups in total. The van der Waals surface area contributed by atoms with Crippen molar-refractivity contribution >= 4 is 15.9 Å². The average molecular weight is 308 g/mol. The van der Waals surface area contributed by atoms with Crippen LogP contribution in [0.3, 0.4) is 0 Å². The Morgan fingerprint density at radius 1 is 1.10 bits per heavy atom. The highest BCUT2D eigenvalue weighted by Crippen LogP contribution is 2.36. The smallest absolute Gasteiger partial charge is 0.299 e. The number of hydrogen-bond donors (Lipinski definition) is 2. The van der Waals surface area contributed by atoms with Crippen LogP contribution >= 0.6 is 0 Å². The number of ketones is 1. The molecular weight excluding hydrogens is 296 g/mol. The predicted molar refractivity (Wildman–Crippen MR) is 74.3 cm³/mol. The number of phenols is 1. The SMILES string of the molecule is COc1c(O)ccc(C(=O)c2ccccc2)c1S(=O)(=O)O. The largest absolute Gasteiger partial charge is 0.504 e. The normalized spacial score (nSPS) is 11.1. The van der Waals surface area contributed by atoms with Crippen molar-refractivity contribution in [3.63, 3.8) is 0 Å². The molecule has 6 nitrogen and oxygen atoms in total. The first kappa shape index (κ1) is 15.0. The third-order valence-electron chi connectivity index (χ3n) is 2.83. The van der Waals surface area contributed by atoms with Crippen LogP contribution in [0.5, 0.6) is 11.5 Å². The molecule has 2 aromatic carbocycles. The Kier molecular flexibility index (Phi) is 3.97. The van der Waals surface area contributed by atoms with Crippen molar-refractivity contribution in [2.24, 2.45) is 0 Å². The van der Waals surface area contributed by atoms with E-state index in [1.807, 2.05) is 0 Å². The molecule has 0 atom stereocenters. The van der Waals surface area contributed by atoms with Gasteiger partial charge >= 0.3 is 0 Å². The van der Waals surface area contributed by atoms with Gasteiger partial charge < -0.3 is 9.84 Å². The third kappa shape index (κ3) is 2.88. The number of ether oxygens (including phenoxy) is 1. The van der Waals surface area contributed by atoms with Crippen LogP contribution in [-0.4, -0.2) is 31.0 Å². The van der Waals surface area contributed by atoms with Crippen molar-refractivity contribution in [1.29, 1.82) is 0 Å². The van der Waals surface area contributed by atoms with Gasteiger partial charge in [0.15, 0.2) is 22.2 Å². The van der Waals surface area contributed by atoms with E-state index in [1.165, 1.54) is 12.1 Å². The van der Waals surface area contributed by atoms with Crippen LogP contribution in [0.4, 0.5) is 0 Å². The van der Waals surface area contributed by atoms with Gasteiger partial charge in [0.1, 0.15) is 0 Å². The van der Waals surface area contributed by atoms with E-state index in [0.29, 0.717) is 0 Å². The quantitative estimate of drug-likeness (QED) is 0.660. The first-order valence-electron chi connectivity index (χ1n) is 5.83. The van der Waals surface area contributed by atoms with Crippen molar-refractivity contribution in [1.82, 2.24) is 0 Å². The van der Waals surface area contributed by atoms with Gasteiger partial charge in [-0.05, 0) is 12.1 Å². The number of aromatic hydroxyl groups is 1. The number of benzene rings is 2. The number of carbonyl (C=O) groups is 1. The van der Waals surface area contributed by atoms with Gasteiger partial charge in [0.25, 0.3) is 10.1 Å². The summed E-state index contributed by atoms with van der Waals surface area (Å²) in [5.74, 6) is -1.57. The van der Waals surface area contributed by atoms with Crippen molar-refractivity contribution in [3.05, 3.63) is 53.6 Å². The Bertz CT molecular complexity index is 781. The molecular formula is C14H12O6S. The summed E-state index contributed by atoms with van der Waals surface area (Å²) in [7, 11) is -3.63. The molecule has 0 spiro atoms. The van der Waals surface area contributed by atoms with Gasteiger partial charge in [-0.25, -0.2) is 0 Å². The highest BCUT2D eigenvalue weighted by atomic mass is 32.2. The molecule has 0 bridgehead atoms. The molecule has 7 heteroatoms. The minimum atomic E-state index is -4.76. The minimum Gasteiger partial charge on any atom is -0.504 e. The van der Waals surface area contributed by atoms with Crippen molar-refractivity contribution < 1.29 is 27.6 Å². The second kappa shape index (κ2) is 5.55. The standard InChI is InChI=1S/C14H12O6S/c1-20-13-11(15)8-7-10(14(13)21(17,18)19)12(16)9-5-3-2-4-6-9/h2-8,15H,1H3,(H,17,18,19). The Morgan fingerprint density at radius 2 is 1.71 bits per heavy atom. The maximum absolute atomic E-state index is 12.4. The molecule has 110 valence electrons. The van der Waals surface area contributed by atoms with Crippen molar-refractivity contribution in [2.75, 3.05) is 7.11 Å². The summed E-state index contributed by atoms with van der Waals surface area (Å²) < 4.78 is 37.2. The van der Waals surface area contributed by atoms with E-state index in [-0.39, 0.29) is 11.1 Å². The van der Waals surface area contributed by atoms with Crippen molar-refractivity contribution in [2.45, 2.75) is 4.90 Å². The molecule has 0 heterocycles. The minimum absolute atomic E-state index is 0.246. The van der Waals surface area contributed by atoms with Gasteiger partial charge in [-0.2, -0.15) is 8.42 Å². The highest BCUT2D eigenvalue weighted by molar-refractivity contribution is 7.86. The van der Waals surface area contributed by atoms with Gasteiger partial charge in [-0.3, -0.25) is 9.35 Å². The number of carbonyl (C=O) groups excluding carboxylic acids is 1. The molecule has 0 aliphatic carbocycles. The summed E-state index contributed by atoms with van der Waals surface area (Å²) in [4.78, 5) is 11.6. The van der Waals surface area contributed by atoms with Gasteiger partial charge in [-0.1, -0.05) is 30.3 Å². The Hall–Kier alpha value is -2.38. The molecule has 2 rings (SSSR count). The topological polar surface area (TPSA) is 101 Å². The van der Waals surface area contributed by atoms with Crippen LogP contribution in [-0.2, 0) is 10.1 Å². The fourth-order valence-electron chi connectivity index (χ4n) is 1.93. The van der Waals surface area contributed by atoms with E-state index in [1.54, 1.807) is 18.2 Å². The highest BCUT2D eigenvalue weighted by Gasteiger charge is 2.28. The Labute approximate surface area is 121 Å². The fourth-order valence-corrected chi connectivity index (χ4v) is 2.79. The van der Waals surface area contributed by atoms with Crippen LogP contribution in [0.2, 0.25) is 0 Å². The number of hydrogen-bond acceptors (Lipinski definition) is 5. The molecule has 0 saturated carbocycles. The Balaban J connectivity index is 2.73. The van der Waals surface area contributed by atoms with Gasteiger partial charge in [0, 0.05) is 11.1 Å². The monoisotopic (exact) mass is 308 g/mol. The zero-order valence-electron chi connectivity index (χ0n) is 11.0. The zero-order valence-corrected chi connectivity index (χ0v) is 11.8. The Morgan fingerprint density at radius 3 is 2.24 bits per heavy atom. The van der Waals surface area contributed by atoms with E-state index >= 15 is 0 Å². The maximum atomic E-state index is 12.4.